The SMILES string of the molecule is CC(=O)OC(=O)C(Oc1ccccc1)N1C(=O)CN(C2CCNCC2)CC1=O. The van der Waals surface area contributed by atoms with E-state index in [1.54, 1.807) is 30.3 Å². The molecule has 3 rings (SSSR count). The number of esters is 2. The van der Waals surface area contributed by atoms with Crippen molar-refractivity contribution < 1.29 is 28.7 Å². The minimum atomic E-state index is -1.65. The van der Waals surface area contributed by atoms with Crippen LogP contribution in [0.1, 0.15) is 19.8 Å². The quantitative estimate of drug-likeness (QED) is 0.423. The van der Waals surface area contributed by atoms with Crippen molar-refractivity contribution in [3.8, 4) is 5.75 Å². The van der Waals surface area contributed by atoms with E-state index in [4.69, 9.17) is 4.74 Å². The van der Waals surface area contributed by atoms with Crippen LogP contribution in [-0.2, 0) is 23.9 Å². The summed E-state index contributed by atoms with van der Waals surface area (Å²) in [5.41, 5.74) is 0. The Morgan fingerprint density at radius 1 is 1.07 bits per heavy atom. The number of imide groups is 1. The van der Waals surface area contributed by atoms with Crippen molar-refractivity contribution in [2.24, 2.45) is 0 Å². The fraction of sp³-hybridized carbons (Fsp3) is 0.474. The Balaban J connectivity index is 1.78. The molecule has 2 aliphatic heterocycles. The number of hydrogen-bond acceptors (Lipinski definition) is 8. The number of piperidine rings is 1. The van der Waals surface area contributed by atoms with Gasteiger partial charge in [-0.3, -0.25) is 19.3 Å². The Kier molecular flexibility index (Phi) is 6.37. The first kappa shape index (κ1) is 20.0. The molecule has 0 radical (unpaired) electrons. The average Bonchev–Trinajstić information content (AvgIpc) is 2.67. The van der Waals surface area contributed by atoms with Gasteiger partial charge in [0.2, 0.25) is 11.8 Å². The third-order valence-corrected chi connectivity index (χ3v) is 4.71. The fourth-order valence-electron chi connectivity index (χ4n) is 3.41. The summed E-state index contributed by atoms with van der Waals surface area (Å²) in [6.45, 7) is 2.73. The van der Waals surface area contributed by atoms with Gasteiger partial charge in [0.1, 0.15) is 5.75 Å². The molecule has 2 saturated heterocycles. The van der Waals surface area contributed by atoms with Crippen LogP contribution in [0.15, 0.2) is 30.3 Å². The second kappa shape index (κ2) is 8.94. The molecule has 2 fully saturated rings. The molecule has 0 saturated carbocycles. The third-order valence-electron chi connectivity index (χ3n) is 4.71. The van der Waals surface area contributed by atoms with E-state index in [2.05, 4.69) is 10.1 Å². The highest BCUT2D eigenvalue weighted by molar-refractivity contribution is 6.03. The molecule has 0 spiro atoms. The van der Waals surface area contributed by atoms with Crippen LogP contribution in [0.4, 0.5) is 0 Å². The van der Waals surface area contributed by atoms with E-state index in [9.17, 15) is 19.2 Å². The largest absolute Gasteiger partial charge is 0.458 e. The lowest BCUT2D eigenvalue weighted by Gasteiger charge is -2.40. The fourth-order valence-corrected chi connectivity index (χ4v) is 3.41. The molecule has 9 nitrogen and oxygen atoms in total. The molecule has 2 aliphatic rings. The second-order valence-electron chi connectivity index (χ2n) is 6.74. The van der Waals surface area contributed by atoms with Gasteiger partial charge < -0.3 is 14.8 Å². The van der Waals surface area contributed by atoms with E-state index in [-0.39, 0.29) is 24.9 Å². The van der Waals surface area contributed by atoms with Gasteiger partial charge in [-0.1, -0.05) is 18.2 Å². The lowest BCUT2D eigenvalue weighted by molar-refractivity contribution is -0.181. The number of nitrogens with one attached hydrogen (secondary N) is 1. The molecule has 0 bridgehead atoms. The summed E-state index contributed by atoms with van der Waals surface area (Å²) in [7, 11) is 0. The Morgan fingerprint density at radius 3 is 2.25 bits per heavy atom. The standard InChI is InChI=1S/C19H23N3O6/c1-13(23)27-19(26)18(28-15-5-3-2-4-6-15)22-16(24)11-21(12-17(22)25)14-7-9-20-10-8-14/h2-6,14,18,20H,7-12H2,1H3. The van der Waals surface area contributed by atoms with Gasteiger partial charge >= 0.3 is 11.9 Å². The van der Waals surface area contributed by atoms with E-state index in [1.165, 1.54) is 0 Å². The molecule has 0 aromatic heterocycles. The van der Waals surface area contributed by atoms with Gasteiger partial charge in [0.15, 0.2) is 0 Å². The Labute approximate surface area is 162 Å². The number of carbonyl (C=O) groups is 4. The summed E-state index contributed by atoms with van der Waals surface area (Å²) in [6.07, 6.45) is 0.0368. The number of carbonyl (C=O) groups excluding carboxylic acids is 4. The van der Waals surface area contributed by atoms with Gasteiger partial charge in [-0.15, -0.1) is 0 Å². The normalized spacial score (nSPS) is 20.0. The molecule has 2 heterocycles. The summed E-state index contributed by atoms with van der Waals surface area (Å²) >= 11 is 0. The Bertz CT molecular complexity index is 729. The van der Waals surface area contributed by atoms with Gasteiger partial charge in [-0.2, -0.15) is 0 Å². The number of para-hydroxylation sites is 1. The van der Waals surface area contributed by atoms with Gasteiger partial charge in [0.25, 0.3) is 6.23 Å². The minimum absolute atomic E-state index is 0.00158. The van der Waals surface area contributed by atoms with Crippen molar-refractivity contribution in [3.63, 3.8) is 0 Å². The van der Waals surface area contributed by atoms with Crippen LogP contribution in [0.5, 0.6) is 5.75 Å². The van der Waals surface area contributed by atoms with E-state index in [1.807, 2.05) is 4.90 Å². The molecule has 0 aliphatic carbocycles. The average molecular weight is 389 g/mol. The van der Waals surface area contributed by atoms with Crippen LogP contribution in [-0.4, -0.2) is 72.0 Å². The molecule has 9 heteroatoms. The topological polar surface area (TPSA) is 105 Å². The van der Waals surface area contributed by atoms with Crippen molar-refractivity contribution >= 4 is 23.8 Å². The zero-order chi connectivity index (χ0) is 20.1. The predicted octanol–water partition coefficient (Wildman–Crippen LogP) is -0.0960. The van der Waals surface area contributed by atoms with Crippen LogP contribution in [0.2, 0.25) is 0 Å². The van der Waals surface area contributed by atoms with Gasteiger partial charge in [-0.25, -0.2) is 9.69 Å². The molecule has 2 amide bonds. The lowest BCUT2D eigenvalue weighted by atomic mass is 10.0. The van der Waals surface area contributed by atoms with Gasteiger partial charge in [-0.05, 0) is 38.1 Å². The van der Waals surface area contributed by atoms with Gasteiger partial charge in [0.05, 0.1) is 13.1 Å². The number of piperazine rings is 1. The third kappa shape index (κ3) is 4.73. The molecular formula is C19H23N3O6. The molecule has 1 aromatic rings. The van der Waals surface area contributed by atoms with Crippen LogP contribution in [0.3, 0.4) is 0 Å². The number of rotatable bonds is 5. The van der Waals surface area contributed by atoms with Crippen LogP contribution >= 0.6 is 0 Å². The van der Waals surface area contributed by atoms with Crippen molar-refractivity contribution in [3.05, 3.63) is 30.3 Å². The highest BCUT2D eigenvalue weighted by Crippen LogP contribution is 2.20. The van der Waals surface area contributed by atoms with Crippen LogP contribution in [0, 0.1) is 0 Å². The minimum Gasteiger partial charge on any atom is -0.458 e. The summed E-state index contributed by atoms with van der Waals surface area (Å²) in [6, 6.07) is 8.41. The van der Waals surface area contributed by atoms with Crippen LogP contribution in [0.25, 0.3) is 0 Å². The summed E-state index contributed by atoms with van der Waals surface area (Å²) in [5.74, 6) is -2.80. The molecule has 28 heavy (non-hydrogen) atoms. The molecule has 1 N–H and O–H groups in total. The molecule has 1 atom stereocenters. The van der Waals surface area contributed by atoms with Crippen molar-refractivity contribution in [1.29, 1.82) is 0 Å². The second-order valence-corrected chi connectivity index (χ2v) is 6.74. The first-order chi connectivity index (χ1) is 13.5. The number of nitrogens with zero attached hydrogens (tertiary/aromatic N) is 2. The molecular weight excluding hydrogens is 366 g/mol. The highest BCUT2D eigenvalue weighted by Gasteiger charge is 2.43. The maximum absolute atomic E-state index is 12.8. The van der Waals surface area contributed by atoms with Crippen molar-refractivity contribution in [2.45, 2.75) is 32.0 Å². The first-order valence-corrected chi connectivity index (χ1v) is 9.19. The summed E-state index contributed by atoms with van der Waals surface area (Å²) in [5, 5.41) is 3.24. The van der Waals surface area contributed by atoms with Gasteiger partial charge in [0, 0.05) is 13.0 Å². The maximum atomic E-state index is 12.8. The molecule has 1 unspecified atom stereocenters. The molecule has 1 aromatic carbocycles. The number of benzene rings is 1. The predicted molar refractivity (Wildman–Crippen MR) is 96.9 cm³/mol. The van der Waals surface area contributed by atoms with E-state index in [0.717, 1.165) is 37.8 Å². The monoisotopic (exact) mass is 389 g/mol. The van der Waals surface area contributed by atoms with Crippen molar-refractivity contribution in [1.82, 2.24) is 15.1 Å². The van der Waals surface area contributed by atoms with E-state index < -0.39 is 30.0 Å². The number of ether oxygens (including phenoxy) is 2. The van der Waals surface area contributed by atoms with Crippen LogP contribution < -0.4 is 10.1 Å². The number of amides is 2. The summed E-state index contributed by atoms with van der Waals surface area (Å²) in [4.78, 5) is 51.7. The van der Waals surface area contributed by atoms with Crippen molar-refractivity contribution in [2.75, 3.05) is 26.2 Å². The zero-order valence-corrected chi connectivity index (χ0v) is 15.6. The number of hydrogen-bond donors (Lipinski definition) is 1. The lowest BCUT2D eigenvalue weighted by Crippen LogP contribution is -2.63. The Morgan fingerprint density at radius 2 is 1.68 bits per heavy atom. The zero-order valence-electron chi connectivity index (χ0n) is 15.6. The Hall–Kier alpha value is -2.78. The molecule has 150 valence electrons. The van der Waals surface area contributed by atoms with E-state index in [0.29, 0.717) is 0 Å². The highest BCUT2D eigenvalue weighted by atomic mass is 16.6. The first-order valence-electron chi connectivity index (χ1n) is 9.19. The summed E-state index contributed by atoms with van der Waals surface area (Å²) < 4.78 is 10.2. The smallest absolute Gasteiger partial charge is 0.377 e. The maximum Gasteiger partial charge on any atom is 0.377 e. The van der Waals surface area contributed by atoms with E-state index >= 15 is 0 Å².